The number of esters is 1. The minimum absolute atomic E-state index is 0.0403. The van der Waals surface area contributed by atoms with E-state index in [2.05, 4.69) is 10.6 Å². The fourth-order valence-corrected chi connectivity index (χ4v) is 1.75. The van der Waals surface area contributed by atoms with Crippen molar-refractivity contribution in [2.75, 3.05) is 25.0 Å². The normalized spacial score (nSPS) is 14.8. The Labute approximate surface area is 118 Å². The molecular formula is C15H18N2O3. The van der Waals surface area contributed by atoms with Crippen molar-refractivity contribution < 1.29 is 14.3 Å². The molecule has 5 nitrogen and oxygen atoms in total. The third kappa shape index (κ3) is 3.93. The van der Waals surface area contributed by atoms with E-state index in [1.54, 1.807) is 13.0 Å². The smallest absolute Gasteiger partial charge is 0.330 e. The van der Waals surface area contributed by atoms with Gasteiger partial charge in [0, 0.05) is 24.9 Å². The van der Waals surface area contributed by atoms with E-state index in [0.29, 0.717) is 6.61 Å². The van der Waals surface area contributed by atoms with Crippen LogP contribution < -0.4 is 10.6 Å². The van der Waals surface area contributed by atoms with Gasteiger partial charge in [-0.15, -0.1) is 0 Å². The van der Waals surface area contributed by atoms with Gasteiger partial charge >= 0.3 is 5.97 Å². The van der Waals surface area contributed by atoms with Crippen LogP contribution in [0.2, 0.25) is 0 Å². The van der Waals surface area contributed by atoms with E-state index in [4.69, 9.17) is 4.74 Å². The van der Waals surface area contributed by atoms with Crippen molar-refractivity contribution in [1.29, 1.82) is 0 Å². The highest BCUT2D eigenvalue weighted by molar-refractivity contribution is 5.93. The lowest BCUT2D eigenvalue weighted by Gasteiger charge is -2.25. The summed E-state index contributed by atoms with van der Waals surface area (Å²) >= 11 is 0. The van der Waals surface area contributed by atoms with Gasteiger partial charge in [-0.05, 0) is 30.7 Å². The number of benzene rings is 1. The van der Waals surface area contributed by atoms with Crippen LogP contribution in [0.3, 0.4) is 0 Å². The molecule has 1 aromatic rings. The minimum Gasteiger partial charge on any atom is -0.463 e. The quantitative estimate of drug-likeness (QED) is 0.629. The molecule has 1 saturated heterocycles. The molecule has 1 aromatic carbocycles. The largest absolute Gasteiger partial charge is 0.463 e. The molecule has 106 valence electrons. The molecule has 0 bridgehead atoms. The summed E-state index contributed by atoms with van der Waals surface area (Å²) in [6.07, 6.45) is 3.07. The van der Waals surface area contributed by atoms with Crippen molar-refractivity contribution >= 4 is 23.6 Å². The van der Waals surface area contributed by atoms with Crippen LogP contribution in [-0.2, 0) is 14.3 Å². The number of rotatable bonds is 5. The Morgan fingerprint density at radius 2 is 2.05 bits per heavy atom. The van der Waals surface area contributed by atoms with Crippen LogP contribution >= 0.6 is 0 Å². The molecule has 0 spiro atoms. The van der Waals surface area contributed by atoms with Gasteiger partial charge in [-0.3, -0.25) is 4.79 Å². The number of hydrogen-bond acceptors (Lipinski definition) is 4. The molecule has 0 radical (unpaired) electrons. The first-order chi connectivity index (χ1) is 9.69. The predicted octanol–water partition coefficient (Wildman–Crippen LogP) is 1.42. The molecule has 1 aliphatic heterocycles. The van der Waals surface area contributed by atoms with Crippen molar-refractivity contribution in [3.8, 4) is 0 Å². The van der Waals surface area contributed by atoms with Crippen molar-refractivity contribution in [3.05, 3.63) is 35.9 Å². The highest BCUT2D eigenvalue weighted by Gasteiger charge is 2.24. The predicted molar refractivity (Wildman–Crippen MR) is 77.1 cm³/mol. The van der Waals surface area contributed by atoms with Gasteiger partial charge < -0.3 is 15.4 Å². The lowest BCUT2D eigenvalue weighted by Crippen LogP contribution is -2.48. The van der Waals surface area contributed by atoms with Gasteiger partial charge in [0.2, 0.25) is 5.91 Å². The zero-order valence-corrected chi connectivity index (χ0v) is 11.4. The average molecular weight is 274 g/mol. The number of amides is 1. The molecule has 0 unspecified atom stereocenters. The fourth-order valence-electron chi connectivity index (χ4n) is 1.75. The molecule has 2 N–H and O–H groups in total. The van der Waals surface area contributed by atoms with E-state index in [-0.39, 0.29) is 17.8 Å². The Bertz CT molecular complexity index is 504. The van der Waals surface area contributed by atoms with E-state index >= 15 is 0 Å². The second kappa shape index (κ2) is 6.86. The lowest BCUT2D eigenvalue weighted by molar-refractivity contribution is -0.137. The van der Waals surface area contributed by atoms with Gasteiger partial charge in [0.1, 0.15) is 0 Å². The number of nitrogens with one attached hydrogen (secondary N) is 2. The number of hydrogen-bond donors (Lipinski definition) is 2. The molecule has 1 aliphatic rings. The number of ether oxygens (including phenoxy) is 1. The summed E-state index contributed by atoms with van der Waals surface area (Å²) in [5, 5.41) is 5.92. The Kier molecular flexibility index (Phi) is 4.90. The van der Waals surface area contributed by atoms with E-state index in [1.165, 1.54) is 6.08 Å². The molecule has 0 aromatic heterocycles. The van der Waals surface area contributed by atoms with Crippen LogP contribution in [-0.4, -0.2) is 31.6 Å². The van der Waals surface area contributed by atoms with E-state index in [9.17, 15) is 9.59 Å². The average Bonchev–Trinajstić information content (AvgIpc) is 2.36. The summed E-state index contributed by atoms with van der Waals surface area (Å²) in [5.74, 6) is -0.251. The minimum atomic E-state index is -0.359. The summed E-state index contributed by atoms with van der Waals surface area (Å²) in [6, 6.07) is 7.30. The fraction of sp³-hybridized carbons (Fsp3) is 0.333. The maximum absolute atomic E-state index is 11.7. The Hall–Kier alpha value is -2.14. The van der Waals surface area contributed by atoms with Gasteiger partial charge in [-0.25, -0.2) is 4.79 Å². The second-order valence-corrected chi connectivity index (χ2v) is 4.55. The van der Waals surface area contributed by atoms with E-state index in [1.807, 2.05) is 24.3 Å². The molecule has 1 heterocycles. The molecule has 1 fully saturated rings. The molecule has 0 saturated carbocycles. The summed E-state index contributed by atoms with van der Waals surface area (Å²) in [7, 11) is 0. The zero-order chi connectivity index (χ0) is 14.4. The molecular weight excluding hydrogens is 256 g/mol. The van der Waals surface area contributed by atoms with Crippen LogP contribution in [0.4, 0.5) is 5.69 Å². The topological polar surface area (TPSA) is 67.4 Å². The first-order valence-electron chi connectivity index (χ1n) is 6.65. The molecule has 2 rings (SSSR count). The third-order valence-corrected chi connectivity index (χ3v) is 3.03. The Morgan fingerprint density at radius 1 is 1.35 bits per heavy atom. The molecule has 20 heavy (non-hydrogen) atoms. The van der Waals surface area contributed by atoms with Crippen LogP contribution in [0.15, 0.2) is 30.3 Å². The van der Waals surface area contributed by atoms with Crippen molar-refractivity contribution in [2.45, 2.75) is 6.92 Å². The van der Waals surface area contributed by atoms with Crippen LogP contribution in [0.1, 0.15) is 12.5 Å². The first-order valence-corrected chi connectivity index (χ1v) is 6.65. The summed E-state index contributed by atoms with van der Waals surface area (Å²) < 4.78 is 4.80. The summed E-state index contributed by atoms with van der Waals surface area (Å²) in [6.45, 7) is 3.61. The SMILES string of the molecule is CCOC(=O)C=Cc1ccc(NC(=O)C2CNC2)cc1. The standard InChI is InChI=1S/C15H18N2O3/c1-2-20-14(18)8-5-11-3-6-13(7-4-11)17-15(19)12-9-16-10-12/h3-8,12,16H,2,9-10H2,1H3,(H,17,19). The highest BCUT2D eigenvalue weighted by atomic mass is 16.5. The van der Waals surface area contributed by atoms with Gasteiger partial charge in [0.25, 0.3) is 0 Å². The number of carbonyl (C=O) groups excluding carboxylic acids is 2. The zero-order valence-electron chi connectivity index (χ0n) is 11.4. The molecule has 0 atom stereocenters. The Balaban J connectivity index is 1.89. The van der Waals surface area contributed by atoms with Crippen molar-refractivity contribution in [1.82, 2.24) is 5.32 Å². The van der Waals surface area contributed by atoms with E-state index in [0.717, 1.165) is 24.3 Å². The second-order valence-electron chi connectivity index (χ2n) is 4.55. The van der Waals surface area contributed by atoms with Gasteiger partial charge in [-0.1, -0.05) is 12.1 Å². The van der Waals surface area contributed by atoms with Gasteiger partial charge in [0.15, 0.2) is 0 Å². The summed E-state index contributed by atoms with van der Waals surface area (Å²) in [5.41, 5.74) is 1.64. The monoisotopic (exact) mass is 274 g/mol. The molecule has 0 aliphatic carbocycles. The molecule has 1 amide bonds. The van der Waals surface area contributed by atoms with Gasteiger partial charge in [-0.2, -0.15) is 0 Å². The van der Waals surface area contributed by atoms with Crippen LogP contribution in [0, 0.1) is 5.92 Å². The van der Waals surface area contributed by atoms with Gasteiger partial charge in [0.05, 0.1) is 12.5 Å². The molecule has 5 heteroatoms. The Morgan fingerprint density at radius 3 is 2.60 bits per heavy atom. The van der Waals surface area contributed by atoms with Crippen LogP contribution in [0.5, 0.6) is 0 Å². The van der Waals surface area contributed by atoms with Crippen molar-refractivity contribution in [3.63, 3.8) is 0 Å². The van der Waals surface area contributed by atoms with Crippen LogP contribution in [0.25, 0.3) is 6.08 Å². The highest BCUT2D eigenvalue weighted by Crippen LogP contribution is 2.13. The van der Waals surface area contributed by atoms with E-state index < -0.39 is 0 Å². The maximum atomic E-state index is 11.7. The maximum Gasteiger partial charge on any atom is 0.330 e. The lowest BCUT2D eigenvalue weighted by atomic mass is 10.0. The first kappa shape index (κ1) is 14.3. The van der Waals surface area contributed by atoms with Crippen molar-refractivity contribution in [2.24, 2.45) is 5.92 Å². The number of carbonyl (C=O) groups is 2. The summed E-state index contributed by atoms with van der Waals surface area (Å²) in [4.78, 5) is 22.9. The third-order valence-electron chi connectivity index (χ3n) is 3.03. The number of anilines is 1.